The molecule has 0 bridgehead atoms. The number of fused-ring (bicyclic) bond motifs is 1. The first-order valence-electron chi connectivity index (χ1n) is 6.61. The van der Waals surface area contributed by atoms with E-state index in [4.69, 9.17) is 0 Å². The molecule has 1 aromatic carbocycles. The SMILES string of the molecule is Cc1cc(C)c(C)c(-c2ccn3ccc[n+](C)c23)c1. The largest absolute Gasteiger partial charge is 0.293 e. The number of hydrogen-bond acceptors (Lipinski definition) is 0. The first kappa shape index (κ1) is 12.0. The summed E-state index contributed by atoms with van der Waals surface area (Å²) < 4.78 is 4.35. The summed E-state index contributed by atoms with van der Waals surface area (Å²) in [4.78, 5) is 0. The quantitative estimate of drug-likeness (QED) is 0.586. The molecular weight excluding hydrogens is 232 g/mol. The van der Waals surface area contributed by atoms with Gasteiger partial charge in [-0.3, -0.25) is 0 Å². The Bertz CT molecular complexity index is 766. The van der Waals surface area contributed by atoms with E-state index in [1.165, 1.54) is 33.5 Å². The maximum Gasteiger partial charge on any atom is 0.293 e. The number of hydrogen-bond donors (Lipinski definition) is 0. The van der Waals surface area contributed by atoms with Crippen LogP contribution in [0, 0.1) is 20.8 Å². The minimum atomic E-state index is 1.23. The molecule has 0 unspecified atom stereocenters. The number of benzene rings is 1. The fourth-order valence-corrected chi connectivity index (χ4v) is 2.79. The minimum Gasteiger partial charge on any atom is -0.236 e. The molecule has 0 saturated heterocycles. The molecule has 2 aromatic heterocycles. The molecule has 0 aliphatic carbocycles. The third kappa shape index (κ3) is 1.84. The highest BCUT2D eigenvalue weighted by atomic mass is 15.1. The Balaban J connectivity index is 2.37. The first-order chi connectivity index (χ1) is 9.08. The van der Waals surface area contributed by atoms with Gasteiger partial charge in [-0.15, -0.1) is 0 Å². The van der Waals surface area contributed by atoms with Gasteiger partial charge >= 0.3 is 0 Å². The van der Waals surface area contributed by atoms with Crippen LogP contribution < -0.4 is 4.57 Å². The van der Waals surface area contributed by atoms with Crippen molar-refractivity contribution >= 4 is 5.65 Å². The Morgan fingerprint density at radius 3 is 2.58 bits per heavy atom. The van der Waals surface area contributed by atoms with E-state index in [2.05, 4.69) is 79.6 Å². The van der Waals surface area contributed by atoms with Crippen molar-refractivity contribution in [1.82, 2.24) is 4.40 Å². The molecule has 0 amide bonds. The third-order valence-electron chi connectivity index (χ3n) is 3.88. The summed E-state index contributed by atoms with van der Waals surface area (Å²) in [7, 11) is 2.09. The maximum atomic E-state index is 2.28. The standard InChI is InChI=1S/C17H19N2/c1-12-10-13(2)14(3)16(11-12)15-6-9-19-8-5-7-18(4)17(15)19/h5-11H,1-4H3/q+1. The zero-order chi connectivity index (χ0) is 13.6. The molecule has 0 atom stereocenters. The van der Waals surface area contributed by atoms with Gasteiger partial charge in [0, 0.05) is 6.07 Å². The lowest BCUT2D eigenvalue weighted by Crippen LogP contribution is -2.29. The van der Waals surface area contributed by atoms with Gasteiger partial charge in [0.15, 0.2) is 0 Å². The van der Waals surface area contributed by atoms with Crippen LogP contribution >= 0.6 is 0 Å². The summed E-state index contributed by atoms with van der Waals surface area (Å²) in [5.74, 6) is 0. The van der Waals surface area contributed by atoms with Crippen molar-refractivity contribution in [3.05, 3.63) is 59.5 Å². The zero-order valence-corrected chi connectivity index (χ0v) is 11.9. The second-order valence-electron chi connectivity index (χ2n) is 5.32. The lowest BCUT2D eigenvalue weighted by molar-refractivity contribution is -0.648. The van der Waals surface area contributed by atoms with Crippen LogP contribution in [0.25, 0.3) is 16.8 Å². The number of aromatic nitrogens is 2. The molecule has 0 fully saturated rings. The van der Waals surface area contributed by atoms with Crippen LogP contribution in [-0.4, -0.2) is 4.40 Å². The lowest BCUT2D eigenvalue weighted by atomic mass is 9.96. The van der Waals surface area contributed by atoms with Crippen LogP contribution in [0.5, 0.6) is 0 Å². The summed E-state index contributed by atoms with van der Waals surface area (Å²) >= 11 is 0. The highest BCUT2D eigenvalue weighted by Crippen LogP contribution is 2.29. The van der Waals surface area contributed by atoms with Crippen molar-refractivity contribution in [1.29, 1.82) is 0 Å². The van der Waals surface area contributed by atoms with Gasteiger partial charge in [-0.05, 0) is 43.5 Å². The van der Waals surface area contributed by atoms with Gasteiger partial charge in [0.25, 0.3) is 5.65 Å². The van der Waals surface area contributed by atoms with Gasteiger partial charge in [-0.1, -0.05) is 17.7 Å². The molecule has 0 spiro atoms. The minimum absolute atomic E-state index is 1.23. The van der Waals surface area contributed by atoms with E-state index in [1.54, 1.807) is 0 Å². The Kier molecular flexibility index (Phi) is 2.67. The predicted octanol–water partition coefficient (Wildman–Crippen LogP) is 3.36. The summed E-state index contributed by atoms with van der Waals surface area (Å²) in [5, 5.41) is 0. The van der Waals surface area contributed by atoms with Gasteiger partial charge in [-0.2, -0.15) is 0 Å². The normalized spacial score (nSPS) is 11.2. The predicted molar refractivity (Wildman–Crippen MR) is 78.2 cm³/mol. The molecule has 3 aromatic rings. The smallest absolute Gasteiger partial charge is 0.236 e. The van der Waals surface area contributed by atoms with Crippen LogP contribution in [0.2, 0.25) is 0 Å². The fourth-order valence-electron chi connectivity index (χ4n) is 2.79. The van der Waals surface area contributed by atoms with Crippen molar-refractivity contribution in [3.63, 3.8) is 0 Å². The molecule has 96 valence electrons. The van der Waals surface area contributed by atoms with E-state index < -0.39 is 0 Å². The van der Waals surface area contributed by atoms with E-state index >= 15 is 0 Å². The van der Waals surface area contributed by atoms with Crippen LogP contribution in [0.4, 0.5) is 0 Å². The Labute approximate surface area is 113 Å². The van der Waals surface area contributed by atoms with Crippen LogP contribution in [0.3, 0.4) is 0 Å². The topological polar surface area (TPSA) is 8.29 Å². The molecular formula is C17H19N2+. The lowest BCUT2D eigenvalue weighted by Gasteiger charge is -2.09. The van der Waals surface area contributed by atoms with Crippen LogP contribution in [0.15, 0.2) is 42.9 Å². The molecule has 0 saturated carbocycles. The second-order valence-corrected chi connectivity index (χ2v) is 5.32. The van der Waals surface area contributed by atoms with E-state index in [0.29, 0.717) is 0 Å². The van der Waals surface area contributed by atoms with Crippen molar-refractivity contribution in [3.8, 4) is 11.1 Å². The summed E-state index contributed by atoms with van der Waals surface area (Å²) in [6.45, 7) is 6.55. The zero-order valence-electron chi connectivity index (χ0n) is 11.9. The van der Waals surface area contributed by atoms with Crippen molar-refractivity contribution in [2.75, 3.05) is 0 Å². The maximum absolute atomic E-state index is 2.28. The van der Waals surface area contributed by atoms with Gasteiger partial charge in [0.1, 0.15) is 0 Å². The van der Waals surface area contributed by atoms with Crippen molar-refractivity contribution in [2.24, 2.45) is 7.05 Å². The molecule has 19 heavy (non-hydrogen) atoms. The van der Waals surface area contributed by atoms with Gasteiger partial charge < -0.3 is 0 Å². The first-order valence-corrected chi connectivity index (χ1v) is 6.61. The molecule has 0 radical (unpaired) electrons. The summed E-state index contributed by atoms with van der Waals surface area (Å²) in [6, 6.07) is 8.80. The average Bonchev–Trinajstić information content (AvgIpc) is 2.79. The molecule has 0 N–H and O–H groups in total. The Morgan fingerprint density at radius 1 is 1.00 bits per heavy atom. The highest BCUT2D eigenvalue weighted by molar-refractivity contribution is 5.79. The van der Waals surface area contributed by atoms with E-state index in [0.717, 1.165) is 0 Å². The third-order valence-corrected chi connectivity index (χ3v) is 3.88. The Morgan fingerprint density at radius 2 is 1.79 bits per heavy atom. The number of nitrogens with zero attached hydrogens (tertiary/aromatic N) is 2. The van der Waals surface area contributed by atoms with Gasteiger partial charge in [-0.25, -0.2) is 8.97 Å². The Hall–Kier alpha value is -2.09. The number of rotatable bonds is 1. The monoisotopic (exact) mass is 251 g/mol. The van der Waals surface area contributed by atoms with Gasteiger partial charge in [0.05, 0.1) is 31.2 Å². The summed E-state index contributed by atoms with van der Waals surface area (Å²) in [6.07, 6.45) is 6.31. The fraction of sp³-hybridized carbons (Fsp3) is 0.235. The van der Waals surface area contributed by atoms with E-state index in [9.17, 15) is 0 Å². The summed E-state index contributed by atoms with van der Waals surface area (Å²) in [5.41, 5.74) is 7.90. The van der Waals surface area contributed by atoms with E-state index in [1.807, 2.05) is 0 Å². The van der Waals surface area contributed by atoms with Crippen molar-refractivity contribution in [2.45, 2.75) is 20.8 Å². The molecule has 0 aliphatic rings. The second kappa shape index (κ2) is 4.23. The number of aryl methyl sites for hydroxylation is 3. The van der Waals surface area contributed by atoms with E-state index in [-0.39, 0.29) is 0 Å². The van der Waals surface area contributed by atoms with Crippen LogP contribution in [-0.2, 0) is 7.05 Å². The van der Waals surface area contributed by atoms with Crippen LogP contribution in [0.1, 0.15) is 16.7 Å². The van der Waals surface area contributed by atoms with Crippen molar-refractivity contribution < 1.29 is 4.57 Å². The molecule has 3 rings (SSSR count). The van der Waals surface area contributed by atoms with Gasteiger partial charge in [0.2, 0.25) is 0 Å². The molecule has 0 aliphatic heterocycles. The molecule has 2 nitrogen and oxygen atoms in total. The highest BCUT2D eigenvalue weighted by Gasteiger charge is 2.16. The molecule has 2 heteroatoms. The molecule has 2 heterocycles. The average molecular weight is 251 g/mol.